The molecule has 0 aliphatic rings. The van der Waals surface area contributed by atoms with Gasteiger partial charge in [-0.05, 0) is 38.5 Å². The van der Waals surface area contributed by atoms with E-state index in [0.717, 1.165) is 4.88 Å². The van der Waals surface area contributed by atoms with Gasteiger partial charge in [-0.3, -0.25) is 9.59 Å². The van der Waals surface area contributed by atoms with Gasteiger partial charge in [0.15, 0.2) is 6.10 Å². The van der Waals surface area contributed by atoms with E-state index < -0.39 is 18.0 Å². The summed E-state index contributed by atoms with van der Waals surface area (Å²) in [5.74, 6) is -1.20. The normalized spacial score (nSPS) is 11.6. The number of hydrogen-bond donors (Lipinski definition) is 2. The molecule has 1 atom stereocenters. The fraction of sp³-hybridized carbons (Fsp3) is 0.294. The van der Waals surface area contributed by atoms with Crippen LogP contribution in [0.4, 0.5) is 10.8 Å². The molecular formula is C17H18ClN3O4S. The van der Waals surface area contributed by atoms with Crippen molar-refractivity contribution in [3.05, 3.63) is 39.4 Å². The molecule has 2 aromatic rings. The number of ether oxygens (including phenoxy) is 1. The Kier molecular flexibility index (Phi) is 6.33. The van der Waals surface area contributed by atoms with Crippen molar-refractivity contribution in [1.82, 2.24) is 4.98 Å². The molecule has 2 amide bonds. The Balaban J connectivity index is 2.10. The summed E-state index contributed by atoms with van der Waals surface area (Å²) in [6.45, 7) is 6.41. The third-order valence-corrected chi connectivity index (χ3v) is 4.86. The van der Waals surface area contributed by atoms with E-state index in [1.807, 2.05) is 6.92 Å². The van der Waals surface area contributed by atoms with Crippen LogP contribution in [0.2, 0.25) is 5.02 Å². The fourth-order valence-corrected chi connectivity index (χ4v) is 3.28. The molecule has 0 aliphatic carbocycles. The smallest absolute Gasteiger partial charge is 0.342 e. The lowest BCUT2D eigenvalue weighted by Crippen LogP contribution is -2.30. The highest BCUT2D eigenvalue weighted by atomic mass is 35.5. The van der Waals surface area contributed by atoms with Crippen molar-refractivity contribution < 1.29 is 19.1 Å². The van der Waals surface area contributed by atoms with Gasteiger partial charge in [0.05, 0.1) is 10.6 Å². The van der Waals surface area contributed by atoms with Gasteiger partial charge in [0, 0.05) is 18.0 Å². The van der Waals surface area contributed by atoms with Crippen LogP contribution in [0.15, 0.2) is 18.3 Å². The highest BCUT2D eigenvalue weighted by Gasteiger charge is 2.25. The van der Waals surface area contributed by atoms with Gasteiger partial charge in [0.1, 0.15) is 10.8 Å². The lowest BCUT2D eigenvalue weighted by atomic mass is 10.1. The summed E-state index contributed by atoms with van der Waals surface area (Å²) in [5, 5.41) is 6.01. The molecule has 2 N–H and O–H groups in total. The monoisotopic (exact) mass is 395 g/mol. The lowest BCUT2D eigenvalue weighted by molar-refractivity contribution is -0.123. The number of nitrogens with one attached hydrogen (secondary N) is 2. The van der Waals surface area contributed by atoms with Crippen LogP contribution < -0.4 is 10.6 Å². The second kappa shape index (κ2) is 8.29. The minimum Gasteiger partial charge on any atom is -0.449 e. The maximum absolute atomic E-state index is 12.5. The molecule has 2 heterocycles. The molecule has 0 saturated heterocycles. The van der Waals surface area contributed by atoms with Crippen molar-refractivity contribution in [2.75, 3.05) is 10.6 Å². The van der Waals surface area contributed by atoms with Crippen molar-refractivity contribution in [1.29, 1.82) is 0 Å². The number of esters is 1. The first-order valence-electron chi connectivity index (χ1n) is 7.70. The Hall–Kier alpha value is -2.45. The number of carbonyl (C=O) groups is 3. The summed E-state index contributed by atoms with van der Waals surface area (Å²) in [6, 6.07) is 3.12. The molecule has 0 spiro atoms. The SMILES string of the molecule is CC(=O)Nc1sc(C)c(C)c1C(=O)O[C@H](C)C(=O)Nc1ccc(Cl)cn1. The first-order valence-corrected chi connectivity index (χ1v) is 8.89. The van der Waals surface area contributed by atoms with Gasteiger partial charge >= 0.3 is 5.97 Å². The van der Waals surface area contributed by atoms with Gasteiger partial charge in [-0.1, -0.05) is 11.6 Å². The number of rotatable bonds is 5. The Morgan fingerprint density at radius 3 is 2.50 bits per heavy atom. The molecule has 138 valence electrons. The Bertz CT molecular complexity index is 848. The van der Waals surface area contributed by atoms with Gasteiger partial charge in [-0.2, -0.15) is 0 Å². The highest BCUT2D eigenvalue weighted by Crippen LogP contribution is 2.33. The van der Waals surface area contributed by atoms with E-state index in [2.05, 4.69) is 15.6 Å². The highest BCUT2D eigenvalue weighted by molar-refractivity contribution is 7.16. The predicted octanol–water partition coefficient (Wildman–Crippen LogP) is 3.56. The van der Waals surface area contributed by atoms with Gasteiger partial charge < -0.3 is 15.4 Å². The maximum atomic E-state index is 12.5. The van der Waals surface area contributed by atoms with Gasteiger partial charge in [-0.25, -0.2) is 9.78 Å². The van der Waals surface area contributed by atoms with Crippen molar-refractivity contribution in [3.63, 3.8) is 0 Å². The summed E-state index contributed by atoms with van der Waals surface area (Å²) >= 11 is 7.02. The summed E-state index contributed by atoms with van der Waals surface area (Å²) < 4.78 is 5.26. The average molecular weight is 396 g/mol. The van der Waals surface area contributed by atoms with Crippen LogP contribution in [-0.4, -0.2) is 28.9 Å². The third kappa shape index (κ3) is 4.80. The van der Waals surface area contributed by atoms with E-state index in [0.29, 0.717) is 21.4 Å². The molecular weight excluding hydrogens is 378 g/mol. The van der Waals surface area contributed by atoms with Crippen molar-refractivity contribution in [2.45, 2.75) is 33.8 Å². The zero-order valence-electron chi connectivity index (χ0n) is 14.7. The van der Waals surface area contributed by atoms with Crippen LogP contribution in [0.25, 0.3) is 0 Å². The van der Waals surface area contributed by atoms with Crippen molar-refractivity contribution in [3.8, 4) is 0 Å². The third-order valence-electron chi connectivity index (χ3n) is 3.51. The Morgan fingerprint density at radius 1 is 1.23 bits per heavy atom. The molecule has 0 saturated carbocycles. The maximum Gasteiger partial charge on any atom is 0.342 e. The summed E-state index contributed by atoms with van der Waals surface area (Å²) in [6.07, 6.45) is 0.343. The second-order valence-corrected chi connectivity index (χ2v) is 7.23. The van der Waals surface area contributed by atoms with Crippen LogP contribution in [0.5, 0.6) is 0 Å². The van der Waals surface area contributed by atoms with Crippen LogP contribution in [-0.2, 0) is 14.3 Å². The number of aromatic nitrogens is 1. The van der Waals surface area contributed by atoms with E-state index in [-0.39, 0.29) is 11.5 Å². The molecule has 2 aromatic heterocycles. The lowest BCUT2D eigenvalue weighted by Gasteiger charge is -2.14. The fourth-order valence-electron chi connectivity index (χ4n) is 2.07. The standard InChI is InChI=1S/C17H18ClN3O4S/c1-8-10(3)26-16(20-11(4)22)14(8)17(24)25-9(2)15(23)21-13-6-5-12(18)7-19-13/h5-7,9H,1-4H3,(H,20,22)(H,19,21,23)/t9-/m1/s1. The number of pyridine rings is 1. The molecule has 0 unspecified atom stereocenters. The van der Waals surface area contributed by atoms with E-state index in [1.165, 1.54) is 37.4 Å². The molecule has 0 radical (unpaired) electrons. The van der Waals surface area contributed by atoms with Crippen LogP contribution in [0.1, 0.15) is 34.6 Å². The minimum absolute atomic E-state index is 0.256. The number of nitrogens with zero attached hydrogens (tertiary/aromatic N) is 1. The predicted molar refractivity (Wildman–Crippen MR) is 101 cm³/mol. The van der Waals surface area contributed by atoms with Crippen LogP contribution in [0, 0.1) is 13.8 Å². The quantitative estimate of drug-likeness (QED) is 0.754. The minimum atomic E-state index is -1.05. The average Bonchev–Trinajstić information content (AvgIpc) is 2.82. The molecule has 0 fully saturated rings. The zero-order valence-corrected chi connectivity index (χ0v) is 16.2. The molecule has 2 rings (SSSR count). The first-order chi connectivity index (χ1) is 12.2. The Morgan fingerprint density at radius 2 is 1.92 bits per heavy atom. The van der Waals surface area contributed by atoms with Crippen LogP contribution >= 0.6 is 22.9 Å². The van der Waals surface area contributed by atoms with E-state index >= 15 is 0 Å². The van der Waals surface area contributed by atoms with E-state index in [4.69, 9.17) is 16.3 Å². The van der Waals surface area contributed by atoms with Crippen LogP contribution in [0.3, 0.4) is 0 Å². The number of hydrogen-bond acceptors (Lipinski definition) is 6. The molecule has 0 aliphatic heterocycles. The number of halogens is 1. The van der Waals surface area contributed by atoms with Crippen molar-refractivity contribution in [2.24, 2.45) is 0 Å². The Labute approximate surface area is 159 Å². The number of carbonyl (C=O) groups excluding carboxylic acids is 3. The summed E-state index contributed by atoms with van der Waals surface area (Å²) in [5.41, 5.74) is 0.961. The molecule has 0 bridgehead atoms. The molecule has 7 nitrogen and oxygen atoms in total. The molecule has 26 heavy (non-hydrogen) atoms. The van der Waals surface area contributed by atoms with E-state index in [1.54, 1.807) is 13.0 Å². The number of anilines is 2. The number of thiophene rings is 1. The summed E-state index contributed by atoms with van der Waals surface area (Å²) in [7, 11) is 0. The number of aryl methyl sites for hydroxylation is 1. The molecule has 0 aromatic carbocycles. The zero-order chi connectivity index (χ0) is 19.4. The topological polar surface area (TPSA) is 97.4 Å². The largest absolute Gasteiger partial charge is 0.449 e. The van der Waals surface area contributed by atoms with Gasteiger partial charge in [-0.15, -0.1) is 11.3 Å². The first kappa shape index (κ1) is 19.9. The number of amides is 2. The van der Waals surface area contributed by atoms with Crippen molar-refractivity contribution >= 4 is 51.5 Å². The van der Waals surface area contributed by atoms with E-state index in [9.17, 15) is 14.4 Å². The van der Waals surface area contributed by atoms with Gasteiger partial charge in [0.2, 0.25) is 5.91 Å². The molecule has 9 heteroatoms. The second-order valence-electron chi connectivity index (χ2n) is 5.57. The summed E-state index contributed by atoms with van der Waals surface area (Å²) in [4.78, 5) is 40.9. The van der Waals surface area contributed by atoms with Gasteiger partial charge in [0.25, 0.3) is 5.91 Å².